The van der Waals surface area contributed by atoms with Gasteiger partial charge in [-0.05, 0) is 65.5 Å². The average Bonchev–Trinajstić information content (AvgIpc) is 3.13. The zero-order chi connectivity index (χ0) is 22.9. The van der Waals surface area contributed by atoms with Crippen LogP contribution in [0.3, 0.4) is 0 Å². The van der Waals surface area contributed by atoms with Crippen LogP contribution in [0.5, 0.6) is 0 Å². The first-order chi connectivity index (χ1) is 14.6. The number of rotatable bonds is 8. The highest BCUT2D eigenvalue weighted by atomic mass is 127. The highest BCUT2D eigenvalue weighted by molar-refractivity contribution is 14.0. The third-order valence-corrected chi connectivity index (χ3v) is 5.25. The van der Waals surface area contributed by atoms with E-state index in [0.29, 0.717) is 12.5 Å². The lowest BCUT2D eigenvalue weighted by Crippen LogP contribution is -2.54. The number of carbonyl (C=O) groups is 1. The van der Waals surface area contributed by atoms with E-state index in [4.69, 9.17) is 4.74 Å². The van der Waals surface area contributed by atoms with Gasteiger partial charge in [0.05, 0.1) is 5.54 Å². The van der Waals surface area contributed by atoms with Crippen LogP contribution in [-0.4, -0.2) is 67.9 Å². The number of halogens is 1. The van der Waals surface area contributed by atoms with Gasteiger partial charge in [-0.15, -0.1) is 24.0 Å². The summed E-state index contributed by atoms with van der Waals surface area (Å²) < 4.78 is 5.35. The fraction of sp³-hybridized carbons (Fsp3) is 0.667. The van der Waals surface area contributed by atoms with Crippen LogP contribution in [0.25, 0.3) is 0 Å². The quantitative estimate of drug-likeness (QED) is 0.258. The molecular formula is C24H42IN5O2. The summed E-state index contributed by atoms with van der Waals surface area (Å²) in [4.78, 5) is 18.9. The number of nitrogens with one attached hydrogen (secondary N) is 3. The van der Waals surface area contributed by atoms with E-state index in [-0.39, 0.29) is 24.0 Å². The Morgan fingerprint density at radius 2 is 1.84 bits per heavy atom. The molecule has 32 heavy (non-hydrogen) atoms. The number of hydrogen-bond donors (Lipinski definition) is 3. The van der Waals surface area contributed by atoms with Gasteiger partial charge in [-0.2, -0.15) is 0 Å². The predicted octanol–water partition coefficient (Wildman–Crippen LogP) is 3.64. The van der Waals surface area contributed by atoms with Crippen molar-refractivity contribution in [1.82, 2.24) is 20.9 Å². The van der Waals surface area contributed by atoms with E-state index in [9.17, 15) is 4.79 Å². The lowest BCUT2D eigenvalue weighted by molar-refractivity contribution is 0.0474. The maximum absolute atomic E-state index is 12.1. The molecule has 1 aliphatic heterocycles. The molecule has 182 valence electrons. The van der Waals surface area contributed by atoms with E-state index in [1.54, 1.807) is 7.05 Å². The van der Waals surface area contributed by atoms with Crippen molar-refractivity contribution in [3.63, 3.8) is 0 Å². The van der Waals surface area contributed by atoms with Crippen molar-refractivity contribution >= 4 is 36.0 Å². The number of benzene rings is 1. The standard InChI is InChI=1S/C24H41N5O2.HI/c1-23(2,3)31-22(30)28-24(4,5)18-27-21(25-6)26-16-20-13-15-29(17-20)14-12-19-10-8-7-9-11-19;/h7-11,20H,12-18H2,1-6H3,(H,28,30)(H2,25,26,27);1H. The summed E-state index contributed by atoms with van der Waals surface area (Å²) >= 11 is 0. The third-order valence-electron chi connectivity index (χ3n) is 5.25. The van der Waals surface area contributed by atoms with Crippen LogP contribution in [0.15, 0.2) is 35.3 Å². The molecule has 1 aromatic rings. The number of ether oxygens (including phenoxy) is 1. The second-order valence-corrected chi connectivity index (χ2v) is 10.0. The van der Waals surface area contributed by atoms with Gasteiger partial charge in [0.2, 0.25) is 0 Å². The maximum atomic E-state index is 12.1. The van der Waals surface area contributed by atoms with Crippen molar-refractivity contribution in [2.45, 2.75) is 58.6 Å². The molecule has 1 aliphatic rings. The highest BCUT2D eigenvalue weighted by Crippen LogP contribution is 2.16. The molecule has 0 bridgehead atoms. The number of alkyl carbamates (subject to hydrolysis) is 1. The van der Waals surface area contributed by atoms with Crippen LogP contribution >= 0.6 is 24.0 Å². The molecule has 1 aromatic carbocycles. The molecule has 1 unspecified atom stereocenters. The first-order valence-corrected chi connectivity index (χ1v) is 11.3. The van der Waals surface area contributed by atoms with E-state index in [1.807, 2.05) is 34.6 Å². The predicted molar refractivity (Wildman–Crippen MR) is 143 cm³/mol. The molecule has 0 saturated carbocycles. The summed E-state index contributed by atoms with van der Waals surface area (Å²) in [5.74, 6) is 1.36. The molecule has 1 atom stereocenters. The minimum atomic E-state index is -0.512. The Balaban J connectivity index is 0.00000512. The van der Waals surface area contributed by atoms with Crippen LogP contribution < -0.4 is 16.0 Å². The summed E-state index contributed by atoms with van der Waals surface area (Å²) in [7, 11) is 1.77. The van der Waals surface area contributed by atoms with Gasteiger partial charge in [-0.3, -0.25) is 4.99 Å². The van der Waals surface area contributed by atoms with Gasteiger partial charge in [0.1, 0.15) is 5.60 Å². The van der Waals surface area contributed by atoms with Gasteiger partial charge in [-0.25, -0.2) is 4.79 Å². The monoisotopic (exact) mass is 559 g/mol. The Bertz CT molecular complexity index is 719. The fourth-order valence-electron chi connectivity index (χ4n) is 3.60. The van der Waals surface area contributed by atoms with Gasteiger partial charge in [0, 0.05) is 33.2 Å². The van der Waals surface area contributed by atoms with Gasteiger partial charge in [0.15, 0.2) is 5.96 Å². The van der Waals surface area contributed by atoms with Crippen molar-refractivity contribution in [3.8, 4) is 0 Å². The van der Waals surface area contributed by atoms with Gasteiger partial charge in [-0.1, -0.05) is 30.3 Å². The normalized spacial score (nSPS) is 17.4. The molecule has 1 fully saturated rings. The Morgan fingerprint density at radius 3 is 2.47 bits per heavy atom. The number of likely N-dealkylation sites (tertiary alicyclic amines) is 1. The van der Waals surface area contributed by atoms with E-state index in [2.05, 4.69) is 56.2 Å². The summed E-state index contributed by atoms with van der Waals surface area (Å²) in [6, 6.07) is 10.7. The summed E-state index contributed by atoms with van der Waals surface area (Å²) in [5, 5.41) is 9.66. The largest absolute Gasteiger partial charge is 0.444 e. The third kappa shape index (κ3) is 11.4. The smallest absolute Gasteiger partial charge is 0.408 e. The molecule has 1 amide bonds. The van der Waals surface area contributed by atoms with E-state index < -0.39 is 17.2 Å². The molecule has 8 heteroatoms. The molecule has 0 radical (unpaired) electrons. The first kappa shape index (κ1) is 28.5. The lowest BCUT2D eigenvalue weighted by Gasteiger charge is -2.29. The van der Waals surface area contributed by atoms with E-state index in [1.165, 1.54) is 12.0 Å². The molecular weight excluding hydrogens is 517 g/mol. The minimum absolute atomic E-state index is 0. The van der Waals surface area contributed by atoms with Gasteiger partial charge in [0.25, 0.3) is 0 Å². The van der Waals surface area contributed by atoms with Gasteiger partial charge < -0.3 is 25.6 Å². The van der Waals surface area contributed by atoms with E-state index >= 15 is 0 Å². The zero-order valence-electron chi connectivity index (χ0n) is 20.5. The molecule has 3 N–H and O–H groups in total. The van der Waals surface area contributed by atoms with Crippen LogP contribution in [0, 0.1) is 5.92 Å². The van der Waals surface area contributed by atoms with Crippen LogP contribution in [0.2, 0.25) is 0 Å². The second-order valence-electron chi connectivity index (χ2n) is 10.0. The van der Waals surface area contributed by atoms with Crippen molar-refractivity contribution in [2.75, 3.05) is 39.8 Å². The molecule has 2 rings (SSSR count). The fourth-order valence-corrected chi connectivity index (χ4v) is 3.60. The first-order valence-electron chi connectivity index (χ1n) is 11.3. The van der Waals surface area contributed by atoms with Gasteiger partial charge >= 0.3 is 6.09 Å². The number of nitrogens with zero attached hydrogens (tertiary/aromatic N) is 2. The Labute approximate surface area is 211 Å². The second kappa shape index (κ2) is 13.2. The van der Waals surface area contributed by atoms with Crippen molar-refractivity contribution < 1.29 is 9.53 Å². The zero-order valence-corrected chi connectivity index (χ0v) is 22.9. The number of amides is 1. The van der Waals surface area contributed by atoms with Crippen LogP contribution in [0.4, 0.5) is 4.79 Å². The molecule has 0 aliphatic carbocycles. The van der Waals surface area contributed by atoms with Crippen molar-refractivity contribution in [3.05, 3.63) is 35.9 Å². The summed E-state index contributed by atoms with van der Waals surface area (Å²) in [5.41, 5.74) is 0.416. The SMILES string of the molecule is CN=C(NCC1CCN(CCc2ccccc2)C1)NCC(C)(C)NC(=O)OC(C)(C)C.I. The Kier molecular flexibility index (Phi) is 11.8. The highest BCUT2D eigenvalue weighted by Gasteiger charge is 2.25. The number of carbonyl (C=O) groups excluding carboxylic acids is 1. The average molecular weight is 560 g/mol. The molecule has 1 saturated heterocycles. The number of guanidine groups is 1. The molecule has 0 aromatic heterocycles. The number of hydrogen-bond acceptors (Lipinski definition) is 4. The van der Waals surface area contributed by atoms with Crippen molar-refractivity contribution in [1.29, 1.82) is 0 Å². The summed E-state index contributed by atoms with van der Waals surface area (Å²) in [6.07, 6.45) is 1.89. The topological polar surface area (TPSA) is 78.0 Å². The van der Waals surface area contributed by atoms with E-state index in [0.717, 1.165) is 38.6 Å². The van der Waals surface area contributed by atoms with Crippen LogP contribution in [-0.2, 0) is 11.2 Å². The lowest BCUT2D eigenvalue weighted by atomic mass is 10.1. The molecule has 7 nitrogen and oxygen atoms in total. The number of aliphatic imine (C=N–C) groups is 1. The Hall–Kier alpha value is -1.55. The molecule has 0 spiro atoms. The van der Waals surface area contributed by atoms with Crippen molar-refractivity contribution in [2.24, 2.45) is 10.9 Å². The minimum Gasteiger partial charge on any atom is -0.444 e. The maximum Gasteiger partial charge on any atom is 0.408 e. The van der Waals surface area contributed by atoms with Crippen LogP contribution in [0.1, 0.15) is 46.6 Å². The summed E-state index contributed by atoms with van der Waals surface area (Å²) in [6.45, 7) is 14.3. The Morgan fingerprint density at radius 1 is 1.16 bits per heavy atom. The molecule has 1 heterocycles.